The number of hydrogen-bond donors (Lipinski definition) is 2. The van der Waals surface area contributed by atoms with Gasteiger partial charge >= 0.3 is 0 Å². The third-order valence-corrected chi connectivity index (χ3v) is 14.9. The Bertz CT molecular complexity index is 4460. The smallest absolute Gasteiger partial charge is 0.284 e. The highest BCUT2D eigenvalue weighted by Crippen LogP contribution is 2.34. The summed E-state index contributed by atoms with van der Waals surface area (Å²) in [7, 11) is 1.63. The minimum absolute atomic E-state index is 0.0255. The number of H-pyrrole nitrogens is 1. The van der Waals surface area contributed by atoms with Gasteiger partial charge in [0.25, 0.3) is 17.6 Å². The molecule has 7 aromatic heterocycles. The van der Waals surface area contributed by atoms with E-state index in [-0.39, 0.29) is 56.4 Å². The van der Waals surface area contributed by atoms with Crippen molar-refractivity contribution in [3.63, 3.8) is 0 Å². The van der Waals surface area contributed by atoms with Gasteiger partial charge in [0.05, 0.1) is 50.3 Å². The van der Waals surface area contributed by atoms with Gasteiger partial charge in [-0.05, 0) is 87.1 Å². The van der Waals surface area contributed by atoms with Crippen molar-refractivity contribution in [3.05, 3.63) is 233 Å². The Hall–Kier alpha value is -10.3. The zero-order valence-corrected chi connectivity index (χ0v) is 52.7. The SMILES string of the molecule is COc1ccc([C@@H](C)N2C[C@H]([C@@H](C)Oc3nc(Cl)cn4ncc(C#N)c34)CC2=O)cc1.Cc1cc(C)c(C)c(C)c1.N#Cc1cnn2cc(Cl)[nH]c(=O)c12.N#Cc1cnn2cc(Cl)nc(OCc3ccccc3)c12.N[n+]1cc(Cl)nc(OCc2ccccc2)c1. The molecule has 12 rings (SSSR count). The molecule has 0 aliphatic carbocycles. The summed E-state index contributed by atoms with van der Waals surface area (Å²) in [6, 6.07) is 37.6. The maximum Gasteiger partial charge on any atom is 0.284 e. The van der Waals surface area contributed by atoms with E-state index < -0.39 is 5.56 Å². The van der Waals surface area contributed by atoms with Crippen LogP contribution in [0.25, 0.3) is 16.6 Å². The summed E-state index contributed by atoms with van der Waals surface area (Å²) >= 11 is 23.3. The summed E-state index contributed by atoms with van der Waals surface area (Å²) in [6.45, 7) is 13.9. The zero-order chi connectivity index (χ0) is 64.6. The first-order valence-corrected chi connectivity index (χ1v) is 29.1. The van der Waals surface area contributed by atoms with Crippen LogP contribution in [0.15, 0.2) is 151 Å². The molecular weight excluding hydrogens is 1230 g/mol. The second-order valence-electron chi connectivity index (χ2n) is 20.4. The van der Waals surface area contributed by atoms with Crippen LogP contribution in [0.4, 0.5) is 0 Å². The molecule has 0 spiro atoms. The number of nitrogens with one attached hydrogen (secondary N) is 1. The predicted octanol–water partition coefficient (Wildman–Crippen LogP) is 11.3. The van der Waals surface area contributed by atoms with Gasteiger partial charge in [0, 0.05) is 18.9 Å². The van der Waals surface area contributed by atoms with Crippen LogP contribution in [-0.2, 0) is 18.0 Å². The molecule has 0 radical (unpaired) electrons. The fraction of sp³-hybridized carbons (Fsp3) is 0.219. The van der Waals surface area contributed by atoms with Crippen molar-refractivity contribution in [3.8, 4) is 41.6 Å². The van der Waals surface area contributed by atoms with Crippen molar-refractivity contribution in [2.75, 3.05) is 19.5 Å². The quantitative estimate of drug-likeness (QED) is 0.0849. The second kappa shape index (κ2) is 30.6. The van der Waals surface area contributed by atoms with E-state index in [9.17, 15) is 14.9 Å². The summed E-state index contributed by atoms with van der Waals surface area (Å²) in [6.07, 6.45) is 11.8. The van der Waals surface area contributed by atoms with Crippen LogP contribution < -0.4 is 35.0 Å². The molecule has 0 unspecified atom stereocenters. The van der Waals surface area contributed by atoms with Gasteiger partial charge in [0.1, 0.15) is 81.7 Å². The fourth-order valence-electron chi connectivity index (χ4n) is 9.34. The molecule has 3 N–H and O–H groups in total. The largest absolute Gasteiger partial charge is 0.497 e. The molecule has 4 aromatic carbocycles. The monoisotopic (exact) mass is 1290 g/mol. The molecule has 90 heavy (non-hydrogen) atoms. The molecule has 8 heterocycles. The maximum atomic E-state index is 12.8. The first-order valence-electron chi connectivity index (χ1n) is 27.6. The van der Waals surface area contributed by atoms with Crippen LogP contribution in [0.1, 0.15) is 81.9 Å². The summed E-state index contributed by atoms with van der Waals surface area (Å²) in [5.74, 6) is 7.31. The number of aromatic nitrogens is 11. The number of likely N-dealkylation sites (tertiary alicyclic amines) is 1. The number of hydrogen-bond acceptors (Lipinski definition) is 16. The third-order valence-electron chi connectivity index (χ3n) is 14.2. The molecule has 1 amide bonds. The van der Waals surface area contributed by atoms with Crippen molar-refractivity contribution in [2.24, 2.45) is 5.92 Å². The fourth-order valence-corrected chi connectivity index (χ4v) is 10.1. The number of aryl methyl sites for hydroxylation is 3. The van der Waals surface area contributed by atoms with Gasteiger partial charge in [-0.3, -0.25) is 9.59 Å². The van der Waals surface area contributed by atoms with Crippen molar-refractivity contribution in [2.45, 2.75) is 73.3 Å². The summed E-state index contributed by atoms with van der Waals surface area (Å²) in [4.78, 5) is 40.7. The van der Waals surface area contributed by atoms with Crippen molar-refractivity contribution in [1.29, 1.82) is 15.8 Å². The Morgan fingerprint density at radius 2 is 1.18 bits per heavy atom. The standard InChI is InChI=1S/C22H22ClN5O3.C14H9ClN4O.C11H11ClN3O.C10H14.C7H3ClN4O/c1-13(15-4-6-18(30-3)7-5-15)27-11-16(8-20(27)29)14(2)31-22-21-17(9-24)10-25-28(21)12-19(23)26-22;15-12-8-19-13(11(6-16)7-17-19)14(18-12)20-9-10-4-2-1-3-5-10;12-10-6-15(13)7-11(14-10)16-8-9-4-2-1-3-5-9;1-7-5-8(2)10(4)9(3)6-7;8-5-3-12-6(7(13)11-5)4(1-9)2-10-12/h4-7,10,12-14,16H,8,11H2,1-3H3;1-5,7-8H,9H2;1-7H,8H2,(H2,13,14);5-6H,1-4H3;2-3H,(H,11,13)/q;;+1;;/t13-,14-,16-;;;;/m1..../s1. The average molecular weight is 1290 g/mol. The zero-order valence-electron chi connectivity index (χ0n) is 49.7. The molecule has 11 aromatic rings. The lowest BCUT2D eigenvalue weighted by Crippen LogP contribution is -2.43. The molecule has 22 nitrogen and oxygen atoms in total. The Morgan fingerprint density at radius 3 is 1.71 bits per heavy atom. The first-order chi connectivity index (χ1) is 43.2. The molecule has 1 fully saturated rings. The number of nitriles is 3. The van der Waals surface area contributed by atoms with Gasteiger partial charge in [-0.25, -0.2) is 19.4 Å². The van der Waals surface area contributed by atoms with E-state index in [1.165, 1.54) is 83.9 Å². The normalized spacial score (nSPS) is 12.9. The molecule has 26 heteroatoms. The summed E-state index contributed by atoms with van der Waals surface area (Å²) in [5, 5.41) is 40.0. The minimum Gasteiger partial charge on any atom is -0.497 e. The number of aromatic amines is 1. The molecule has 0 bridgehead atoms. The number of nitrogen functional groups attached to an aromatic ring is 1. The van der Waals surface area contributed by atoms with E-state index in [1.807, 2.05) is 110 Å². The van der Waals surface area contributed by atoms with Gasteiger partial charge < -0.3 is 28.8 Å². The van der Waals surface area contributed by atoms with Crippen molar-refractivity contribution >= 4 is 68.9 Å². The van der Waals surface area contributed by atoms with Crippen LogP contribution in [0, 0.1) is 67.6 Å². The number of carbonyl (C=O) groups is 1. The van der Waals surface area contributed by atoms with E-state index in [1.54, 1.807) is 13.3 Å². The summed E-state index contributed by atoms with van der Waals surface area (Å²) in [5.41, 5.74) is 10.5. The van der Waals surface area contributed by atoms with Gasteiger partial charge in [0.2, 0.25) is 23.9 Å². The highest BCUT2D eigenvalue weighted by molar-refractivity contribution is 6.30. The second-order valence-corrected chi connectivity index (χ2v) is 22.0. The van der Waals surface area contributed by atoms with Crippen LogP contribution in [0.3, 0.4) is 0 Å². The minimum atomic E-state index is -0.415. The first kappa shape index (κ1) is 65.7. The Balaban J connectivity index is 0.000000154. The van der Waals surface area contributed by atoms with Crippen LogP contribution in [-0.4, -0.2) is 79.3 Å². The topological polar surface area (TPSA) is 282 Å². The summed E-state index contributed by atoms with van der Waals surface area (Å²) < 4.78 is 28.0. The molecule has 0 saturated carbocycles. The van der Waals surface area contributed by atoms with Crippen molar-refractivity contribution < 1.29 is 28.4 Å². The predicted molar refractivity (Wildman–Crippen MR) is 339 cm³/mol. The molecule has 1 aliphatic heterocycles. The van der Waals surface area contributed by atoms with Gasteiger partial charge in [-0.1, -0.05) is 142 Å². The Kier molecular flexibility index (Phi) is 22.3. The molecular formula is C64H59Cl4N16O6+. The average Bonchev–Trinajstić information content (AvgIpc) is 1.80. The molecule has 1 aliphatic rings. The number of halogens is 4. The van der Waals surface area contributed by atoms with Gasteiger partial charge in [-0.2, -0.15) is 46.0 Å². The van der Waals surface area contributed by atoms with E-state index in [4.69, 9.17) is 81.7 Å². The Labute approximate surface area is 537 Å². The highest BCUT2D eigenvalue weighted by Gasteiger charge is 2.37. The highest BCUT2D eigenvalue weighted by atomic mass is 35.5. The van der Waals surface area contributed by atoms with E-state index >= 15 is 0 Å². The third kappa shape index (κ3) is 16.9. The lowest BCUT2D eigenvalue weighted by molar-refractivity contribution is -0.639. The number of nitrogens with two attached hydrogens (primary N) is 1. The van der Waals surface area contributed by atoms with Crippen molar-refractivity contribution in [1.82, 2.24) is 53.7 Å². The van der Waals surface area contributed by atoms with Crippen LogP contribution >= 0.6 is 46.4 Å². The molecule has 1 saturated heterocycles. The van der Waals surface area contributed by atoms with E-state index in [0.717, 1.165) is 22.4 Å². The number of benzene rings is 4. The number of fused-ring (bicyclic) bond motifs is 3. The molecule has 3 atom stereocenters. The maximum absolute atomic E-state index is 12.8. The van der Waals surface area contributed by atoms with E-state index in [2.05, 4.69) is 87.2 Å². The van der Waals surface area contributed by atoms with Crippen LogP contribution in [0.2, 0.25) is 20.6 Å². The number of methoxy groups -OCH3 is 1. The number of carbonyl (C=O) groups excluding carboxylic acids is 1. The number of rotatable bonds is 12. The Morgan fingerprint density at radius 1 is 0.667 bits per heavy atom. The van der Waals surface area contributed by atoms with Gasteiger partial charge in [0.15, 0.2) is 15.5 Å². The number of ether oxygens (including phenoxy) is 4. The molecule has 458 valence electrons. The number of nitrogens with zero attached hydrogens (tertiary/aromatic N) is 14. The number of amides is 1. The van der Waals surface area contributed by atoms with Crippen LogP contribution in [0.5, 0.6) is 23.4 Å². The van der Waals surface area contributed by atoms with Gasteiger partial charge in [-0.15, -0.1) is 0 Å². The lowest BCUT2D eigenvalue weighted by atomic mass is 10.0. The lowest BCUT2D eigenvalue weighted by Gasteiger charge is -2.26. The van der Waals surface area contributed by atoms with E-state index in [0.29, 0.717) is 65.3 Å².